The number of hydrogen-bond donors (Lipinski definition) is 10. The van der Waals surface area contributed by atoms with E-state index in [2.05, 4.69) is 66.8 Å². The highest BCUT2D eigenvalue weighted by Gasteiger charge is 2.75. The molecule has 12 aliphatic rings. The largest absolute Gasteiger partial charge is 0.446 e. The number of ether oxygens (including phenoxy) is 7. The van der Waals surface area contributed by atoms with E-state index in [0.717, 1.165) is 68.1 Å². The Morgan fingerprint density at radius 1 is 0.728 bits per heavy atom. The van der Waals surface area contributed by atoms with E-state index in [9.17, 15) is 55.5 Å². The van der Waals surface area contributed by atoms with Gasteiger partial charge in [-0.15, -0.1) is 0 Å². The van der Waals surface area contributed by atoms with Gasteiger partial charge in [0.1, 0.15) is 66.6 Å². The van der Waals surface area contributed by atoms with Crippen LogP contribution < -0.4 is 5.32 Å². The van der Waals surface area contributed by atoms with Gasteiger partial charge in [0.25, 0.3) is 0 Å². The summed E-state index contributed by atoms with van der Waals surface area (Å²) in [7, 11) is 0. The normalized spacial score (nSPS) is 52.9. The maximum atomic E-state index is 15.7. The summed E-state index contributed by atoms with van der Waals surface area (Å²) in [4.78, 5) is 43.0. The van der Waals surface area contributed by atoms with E-state index in [-0.39, 0.29) is 53.4 Å². The molecule has 17 unspecified atom stereocenters. The SMILES string of the molecule is CCC1C2(C)CCC(O)C(C)(C=O)[C@@H]2CC[C@@]12C=C1C3C[C@H](C)CCC3(C(=O)O[C@@H]3O[C@H](CO)C(NC(=O)O[C@H]4CCC5(C)C6CCC7(C)C(CCCCC(C)C)CC[C@H]7[C@@H]6CC[C@H]5C4)C(O)C3O[C@@H]3O[C@H](CO[C@@H]4OC[C@@H](O)C(O)C4O)C(O)C3O)[C@H](O)C[C@]12C. The molecule has 3 heterocycles. The number of aliphatic hydroxyl groups excluding tert-OH is 9. The van der Waals surface area contributed by atoms with Crippen molar-refractivity contribution in [2.75, 3.05) is 19.8 Å². The van der Waals surface area contributed by atoms with Crippen LogP contribution in [-0.4, -0.2) is 182 Å². The van der Waals surface area contributed by atoms with Gasteiger partial charge in [-0.05, 0) is 191 Å². The summed E-state index contributed by atoms with van der Waals surface area (Å²) in [6.07, 6.45) is 0.962. The summed E-state index contributed by atoms with van der Waals surface area (Å²) in [5.74, 6) is 2.99. The number of allylic oxidation sites excluding steroid dienone is 2. The van der Waals surface area contributed by atoms with Crippen molar-refractivity contribution in [2.45, 2.75) is 302 Å². The summed E-state index contributed by atoms with van der Waals surface area (Å²) in [6.45, 7) is 18.9. The number of rotatable bonds is 17. The summed E-state index contributed by atoms with van der Waals surface area (Å²) in [5, 5.41) is 105. The van der Waals surface area contributed by atoms with Gasteiger partial charge in [-0.2, -0.15) is 0 Å². The van der Waals surface area contributed by atoms with Crippen LogP contribution in [-0.2, 0) is 42.7 Å². The summed E-state index contributed by atoms with van der Waals surface area (Å²) >= 11 is 0. The summed E-state index contributed by atoms with van der Waals surface area (Å²) < 4.78 is 42.8. The second-order valence-electron chi connectivity index (χ2n) is 33.7. The molecule has 0 aromatic rings. The number of carbonyl (C=O) groups excluding carboxylic acids is 3. The molecule has 11 fully saturated rings. The first-order valence-electron chi connectivity index (χ1n) is 36.2. The highest BCUT2D eigenvalue weighted by atomic mass is 16.8. The van der Waals surface area contributed by atoms with Gasteiger partial charge in [-0.1, -0.05) is 99.6 Å². The number of unbranched alkanes of at least 4 members (excludes halogenated alkanes) is 1. The van der Waals surface area contributed by atoms with Crippen molar-refractivity contribution in [3.63, 3.8) is 0 Å². The smallest absolute Gasteiger partial charge is 0.407 e. The first-order valence-corrected chi connectivity index (χ1v) is 36.2. The first-order chi connectivity index (χ1) is 43.6. The van der Waals surface area contributed by atoms with Crippen molar-refractivity contribution in [2.24, 2.45) is 97.1 Å². The van der Waals surface area contributed by atoms with Crippen molar-refractivity contribution < 1.29 is 93.5 Å². The summed E-state index contributed by atoms with van der Waals surface area (Å²) in [5.41, 5.74) is -1.93. The van der Waals surface area contributed by atoms with E-state index in [1.54, 1.807) is 0 Å². The van der Waals surface area contributed by atoms with Crippen LogP contribution in [0.5, 0.6) is 0 Å². The molecule has 1 spiro atoms. The number of alkyl carbamates (subject to hydrolysis) is 1. The van der Waals surface area contributed by atoms with Crippen LogP contribution in [0.4, 0.5) is 4.79 Å². The Labute approximate surface area is 545 Å². The van der Waals surface area contributed by atoms with Crippen molar-refractivity contribution >= 4 is 18.3 Å². The number of hydrogen-bond acceptors (Lipinski definition) is 19. The van der Waals surface area contributed by atoms with Crippen LogP contribution in [0, 0.1) is 97.1 Å². The molecule has 522 valence electrons. The molecular formula is C72H115NO19. The van der Waals surface area contributed by atoms with Crippen molar-refractivity contribution in [3.8, 4) is 0 Å². The van der Waals surface area contributed by atoms with E-state index in [4.69, 9.17) is 33.2 Å². The average molecular weight is 1300 g/mol. The van der Waals surface area contributed by atoms with Gasteiger partial charge in [0, 0.05) is 10.8 Å². The van der Waals surface area contributed by atoms with Gasteiger partial charge in [0.05, 0.1) is 43.5 Å². The fraction of sp³-hybridized carbons (Fsp3) is 0.931. The zero-order valence-corrected chi connectivity index (χ0v) is 56.5. The minimum Gasteiger partial charge on any atom is -0.446 e. The molecule has 10 N–H and O–H groups in total. The second-order valence-corrected chi connectivity index (χ2v) is 33.7. The van der Waals surface area contributed by atoms with Gasteiger partial charge in [0.15, 0.2) is 18.7 Å². The molecule has 0 radical (unpaired) electrons. The molecule has 20 heteroatoms. The van der Waals surface area contributed by atoms with Gasteiger partial charge in [0.2, 0.25) is 6.29 Å². The third-order valence-corrected chi connectivity index (χ3v) is 29.0. The number of aldehydes is 1. The number of fused-ring (bicyclic) bond motifs is 10. The highest BCUT2D eigenvalue weighted by molar-refractivity contribution is 5.80. The fourth-order valence-electron chi connectivity index (χ4n) is 23.7. The number of carbonyl (C=O) groups is 3. The van der Waals surface area contributed by atoms with Gasteiger partial charge < -0.3 is 89.2 Å². The van der Waals surface area contributed by atoms with E-state index in [0.29, 0.717) is 55.3 Å². The van der Waals surface area contributed by atoms with E-state index < -0.39 is 146 Å². The maximum absolute atomic E-state index is 15.7. The molecule has 3 aliphatic heterocycles. The minimum absolute atomic E-state index is 0.0372. The Balaban J connectivity index is 0.766. The molecule has 92 heavy (non-hydrogen) atoms. The number of esters is 1. The number of nitrogens with one attached hydrogen (secondary N) is 1. The molecule has 0 aromatic carbocycles. The Kier molecular flexibility index (Phi) is 19.7. The van der Waals surface area contributed by atoms with Crippen LogP contribution in [0.15, 0.2) is 11.6 Å². The van der Waals surface area contributed by atoms with Crippen molar-refractivity contribution in [1.29, 1.82) is 0 Å². The molecule has 0 aromatic heterocycles. The Hall–Kier alpha value is -2.41. The fourth-order valence-corrected chi connectivity index (χ4v) is 23.7. The average Bonchev–Trinajstić information content (AvgIpc) is 0.772. The Bertz CT molecular complexity index is 2680. The first kappa shape index (κ1) is 69.5. The van der Waals surface area contributed by atoms with E-state index >= 15 is 4.79 Å². The molecule has 1 amide bonds. The third kappa shape index (κ3) is 11.2. The van der Waals surface area contributed by atoms with Gasteiger partial charge in [-0.25, -0.2) is 4.79 Å². The third-order valence-electron chi connectivity index (χ3n) is 29.0. The van der Waals surface area contributed by atoms with Crippen LogP contribution in [0.1, 0.15) is 204 Å². The molecule has 32 atom stereocenters. The van der Waals surface area contributed by atoms with Crippen LogP contribution >= 0.6 is 0 Å². The van der Waals surface area contributed by atoms with Crippen LogP contribution in [0.2, 0.25) is 0 Å². The van der Waals surface area contributed by atoms with E-state index in [1.807, 2.05) is 6.92 Å². The molecule has 0 bridgehead atoms. The zero-order chi connectivity index (χ0) is 66.0. The minimum atomic E-state index is -1.84. The quantitative estimate of drug-likeness (QED) is 0.0299. The molecule has 3 saturated heterocycles. The van der Waals surface area contributed by atoms with E-state index in [1.165, 1.54) is 57.8 Å². The number of aliphatic hydroxyl groups is 9. The monoisotopic (exact) mass is 1300 g/mol. The lowest BCUT2D eigenvalue weighted by Crippen LogP contribution is -2.71. The zero-order valence-electron chi connectivity index (χ0n) is 56.5. The Morgan fingerprint density at radius 2 is 1.45 bits per heavy atom. The predicted molar refractivity (Wildman–Crippen MR) is 335 cm³/mol. The van der Waals surface area contributed by atoms with Gasteiger partial charge in [-0.3, -0.25) is 4.79 Å². The lowest BCUT2D eigenvalue weighted by molar-refractivity contribution is -0.321. The lowest BCUT2D eigenvalue weighted by Gasteiger charge is -2.74. The predicted octanol–water partition coefficient (Wildman–Crippen LogP) is 7.16. The second kappa shape index (κ2) is 26.0. The molecule has 20 nitrogen and oxygen atoms in total. The Morgan fingerprint density at radius 3 is 2.17 bits per heavy atom. The maximum Gasteiger partial charge on any atom is 0.407 e. The molecule has 12 rings (SSSR count). The molecule has 8 saturated carbocycles. The lowest BCUT2D eigenvalue weighted by atomic mass is 9.30. The summed E-state index contributed by atoms with van der Waals surface area (Å²) in [6, 6.07) is -1.44. The highest BCUT2D eigenvalue weighted by Crippen LogP contribution is 2.79. The topological polar surface area (TPSA) is 310 Å². The molecule has 9 aliphatic carbocycles. The van der Waals surface area contributed by atoms with Crippen LogP contribution in [0.3, 0.4) is 0 Å². The van der Waals surface area contributed by atoms with Crippen molar-refractivity contribution in [3.05, 3.63) is 11.6 Å². The molecular weight excluding hydrogens is 1180 g/mol. The number of amides is 1. The van der Waals surface area contributed by atoms with Crippen LogP contribution in [0.25, 0.3) is 0 Å². The standard InChI is InChI=1S/C72H115NO19/c1-10-50-68(7)26-23-52(77)69(8,36-75)51(68)22-27-71(50)31-46-45-29-38(4)19-28-72(45,53(78)32-70(46,71)9)64(84)92-63-60(91-62-59(83)56(80)49(90-62)35-87-61-58(82)55(79)47(76)34-86-61)57(81)54(48(33-74)89-63)73-65(85)88-41-20-24-67(6)40(30-41)15-17-42-43-18-16-39(14-12-11-13-37(2)3)66(43,5)25-21-44(42)67/h31,36-45,47-63,74,76-83H,10-30,32-35H2,1-9H3,(H,73,85)/t38-,39?,40+,41+,42+,43+,44?,45?,47-,48-,49-,50?,51-,52?,53-,54?,55?,56?,57?,58?,59?,60?,61+,62+,63+,66?,67?,68?,69?,70-,71-,72?/m1/s1. The van der Waals surface area contributed by atoms with Crippen molar-refractivity contribution in [1.82, 2.24) is 5.32 Å². The van der Waals surface area contributed by atoms with Gasteiger partial charge >= 0.3 is 12.1 Å².